The highest BCUT2D eigenvalue weighted by molar-refractivity contribution is 7.14. The number of thiophene rings is 1. The molecule has 2 aromatic rings. The molecule has 1 aromatic heterocycles. The largest absolute Gasteiger partial charge is 0.480 e. The lowest BCUT2D eigenvalue weighted by Gasteiger charge is -2.08. The maximum atomic E-state index is 12.0. The van der Waals surface area contributed by atoms with E-state index < -0.39 is 12.6 Å². The second-order valence-corrected chi connectivity index (χ2v) is 5.89. The molecule has 0 aliphatic carbocycles. The van der Waals surface area contributed by atoms with Crippen LogP contribution in [0.3, 0.4) is 0 Å². The number of halogens is 1. The number of aliphatic carboxylic acids is 1. The molecule has 0 saturated heterocycles. The number of amides is 1. The minimum absolute atomic E-state index is 0.219. The molecule has 21 heavy (non-hydrogen) atoms. The van der Waals surface area contributed by atoms with Crippen molar-refractivity contribution in [2.45, 2.75) is 6.92 Å². The molecule has 1 heterocycles. The summed E-state index contributed by atoms with van der Waals surface area (Å²) in [6, 6.07) is 8.25. The van der Waals surface area contributed by atoms with E-state index in [1.807, 2.05) is 13.0 Å². The molecule has 1 amide bonds. The van der Waals surface area contributed by atoms with Gasteiger partial charge in [-0.1, -0.05) is 11.6 Å². The van der Waals surface area contributed by atoms with Gasteiger partial charge in [0.1, 0.15) is 5.75 Å². The van der Waals surface area contributed by atoms with Gasteiger partial charge in [-0.15, -0.1) is 11.3 Å². The Bertz CT molecular complexity index is 683. The number of hydrogen-bond donors (Lipinski definition) is 2. The van der Waals surface area contributed by atoms with E-state index in [4.69, 9.17) is 21.4 Å². The molecule has 0 bridgehead atoms. The third-order valence-electron chi connectivity index (χ3n) is 2.51. The van der Waals surface area contributed by atoms with Crippen LogP contribution in [0.5, 0.6) is 5.75 Å². The Hall–Kier alpha value is -2.05. The average Bonchev–Trinajstić information content (AvgIpc) is 2.84. The van der Waals surface area contributed by atoms with Crippen LogP contribution in [0.1, 0.15) is 14.5 Å². The van der Waals surface area contributed by atoms with E-state index in [-0.39, 0.29) is 16.7 Å². The summed E-state index contributed by atoms with van der Waals surface area (Å²) < 4.78 is 5.00. The number of anilines is 1. The number of carbonyl (C=O) groups is 2. The first-order chi connectivity index (χ1) is 9.95. The van der Waals surface area contributed by atoms with Crippen molar-refractivity contribution in [2.75, 3.05) is 11.9 Å². The zero-order chi connectivity index (χ0) is 15.4. The zero-order valence-electron chi connectivity index (χ0n) is 11.1. The van der Waals surface area contributed by atoms with Crippen LogP contribution < -0.4 is 10.1 Å². The molecule has 110 valence electrons. The van der Waals surface area contributed by atoms with Gasteiger partial charge in [-0.2, -0.15) is 0 Å². The lowest BCUT2D eigenvalue weighted by atomic mass is 10.3. The standard InChI is InChI=1S/C14H12ClNO4S/c1-8-2-5-12(21-8)14(19)16-9-3-4-11(10(15)6-9)20-7-13(17)18/h2-6H,7H2,1H3,(H,16,19)(H,17,18). The van der Waals surface area contributed by atoms with Crippen molar-refractivity contribution in [3.63, 3.8) is 0 Å². The number of aryl methyl sites for hydroxylation is 1. The summed E-state index contributed by atoms with van der Waals surface area (Å²) in [5, 5.41) is 11.5. The first-order valence-electron chi connectivity index (χ1n) is 5.97. The Morgan fingerprint density at radius 3 is 2.67 bits per heavy atom. The predicted molar refractivity (Wildman–Crippen MR) is 81.6 cm³/mol. The summed E-state index contributed by atoms with van der Waals surface area (Å²) in [6.45, 7) is 1.45. The fourth-order valence-electron chi connectivity index (χ4n) is 1.58. The van der Waals surface area contributed by atoms with Gasteiger partial charge >= 0.3 is 5.97 Å². The molecule has 0 saturated carbocycles. The van der Waals surface area contributed by atoms with Crippen molar-refractivity contribution in [3.8, 4) is 5.75 Å². The van der Waals surface area contributed by atoms with Gasteiger partial charge in [0.15, 0.2) is 6.61 Å². The minimum Gasteiger partial charge on any atom is -0.480 e. The topological polar surface area (TPSA) is 75.6 Å². The summed E-state index contributed by atoms with van der Waals surface area (Å²) in [5.74, 6) is -1.05. The van der Waals surface area contributed by atoms with Crippen LogP contribution in [-0.4, -0.2) is 23.6 Å². The van der Waals surface area contributed by atoms with E-state index in [2.05, 4.69) is 5.32 Å². The molecular formula is C14H12ClNO4S. The monoisotopic (exact) mass is 325 g/mol. The van der Waals surface area contributed by atoms with E-state index in [0.29, 0.717) is 10.6 Å². The van der Waals surface area contributed by atoms with Gasteiger partial charge in [0.25, 0.3) is 5.91 Å². The molecule has 1 aromatic carbocycles. The van der Waals surface area contributed by atoms with E-state index in [9.17, 15) is 9.59 Å². The number of carboxylic acids is 1. The van der Waals surface area contributed by atoms with Crippen molar-refractivity contribution in [1.29, 1.82) is 0 Å². The Morgan fingerprint density at radius 1 is 1.33 bits per heavy atom. The van der Waals surface area contributed by atoms with Crippen LogP contribution in [-0.2, 0) is 4.79 Å². The molecule has 0 atom stereocenters. The Labute approximate surface area is 130 Å². The minimum atomic E-state index is -1.09. The van der Waals surface area contributed by atoms with Crippen LogP contribution in [0.15, 0.2) is 30.3 Å². The quantitative estimate of drug-likeness (QED) is 0.883. The summed E-state index contributed by atoms with van der Waals surface area (Å²) >= 11 is 7.38. The number of hydrogen-bond acceptors (Lipinski definition) is 4. The highest BCUT2D eigenvalue weighted by atomic mass is 35.5. The van der Waals surface area contributed by atoms with Crippen LogP contribution in [0.2, 0.25) is 5.02 Å². The predicted octanol–water partition coefficient (Wildman–Crippen LogP) is 3.43. The zero-order valence-corrected chi connectivity index (χ0v) is 12.6. The maximum absolute atomic E-state index is 12.0. The second kappa shape index (κ2) is 6.60. The van der Waals surface area contributed by atoms with E-state index in [1.54, 1.807) is 12.1 Å². The number of ether oxygens (including phenoxy) is 1. The number of carbonyl (C=O) groups excluding carboxylic acids is 1. The fourth-order valence-corrected chi connectivity index (χ4v) is 2.58. The Morgan fingerprint density at radius 2 is 2.10 bits per heavy atom. The molecule has 0 aliphatic rings. The molecule has 5 nitrogen and oxygen atoms in total. The van der Waals surface area contributed by atoms with Crippen molar-refractivity contribution in [3.05, 3.63) is 45.1 Å². The van der Waals surface area contributed by atoms with E-state index in [1.165, 1.54) is 23.5 Å². The van der Waals surface area contributed by atoms with Gasteiger partial charge < -0.3 is 15.2 Å². The fraction of sp³-hybridized carbons (Fsp3) is 0.143. The lowest BCUT2D eigenvalue weighted by Crippen LogP contribution is -2.11. The van der Waals surface area contributed by atoms with Crippen LogP contribution in [0.4, 0.5) is 5.69 Å². The number of benzene rings is 1. The first-order valence-corrected chi connectivity index (χ1v) is 7.17. The van der Waals surface area contributed by atoms with Gasteiger partial charge in [0, 0.05) is 10.6 Å². The Kier molecular flexibility index (Phi) is 4.82. The molecule has 0 spiro atoms. The van der Waals surface area contributed by atoms with E-state index >= 15 is 0 Å². The smallest absolute Gasteiger partial charge is 0.341 e. The third-order valence-corrected chi connectivity index (χ3v) is 3.80. The third kappa shape index (κ3) is 4.21. The Balaban J connectivity index is 2.06. The normalized spacial score (nSPS) is 10.2. The van der Waals surface area contributed by atoms with Crippen molar-refractivity contribution >= 4 is 40.5 Å². The molecule has 0 fully saturated rings. The maximum Gasteiger partial charge on any atom is 0.341 e. The lowest BCUT2D eigenvalue weighted by molar-refractivity contribution is -0.139. The summed E-state index contributed by atoms with van der Waals surface area (Å²) in [4.78, 5) is 24.1. The van der Waals surface area contributed by atoms with Gasteiger partial charge in [-0.05, 0) is 37.3 Å². The number of nitrogens with one attached hydrogen (secondary N) is 1. The molecular weight excluding hydrogens is 314 g/mol. The van der Waals surface area contributed by atoms with Crippen molar-refractivity contribution in [1.82, 2.24) is 0 Å². The van der Waals surface area contributed by atoms with E-state index in [0.717, 1.165) is 4.88 Å². The highest BCUT2D eigenvalue weighted by Gasteiger charge is 2.10. The summed E-state index contributed by atoms with van der Waals surface area (Å²) in [5.41, 5.74) is 0.513. The van der Waals surface area contributed by atoms with Gasteiger partial charge in [-0.3, -0.25) is 4.79 Å². The number of rotatable bonds is 5. The molecule has 0 aliphatic heterocycles. The van der Waals surface area contributed by atoms with Crippen molar-refractivity contribution in [2.24, 2.45) is 0 Å². The van der Waals surface area contributed by atoms with Gasteiger partial charge in [0.2, 0.25) is 0 Å². The first kappa shape index (κ1) is 15.3. The van der Waals surface area contributed by atoms with Crippen molar-refractivity contribution < 1.29 is 19.4 Å². The van der Waals surface area contributed by atoms with Crippen LogP contribution in [0, 0.1) is 6.92 Å². The SMILES string of the molecule is Cc1ccc(C(=O)Nc2ccc(OCC(=O)O)c(Cl)c2)s1. The van der Waals surface area contributed by atoms with Gasteiger partial charge in [-0.25, -0.2) is 4.79 Å². The molecule has 0 radical (unpaired) electrons. The summed E-state index contributed by atoms with van der Waals surface area (Å²) in [7, 11) is 0. The van der Waals surface area contributed by atoms with Crippen LogP contribution >= 0.6 is 22.9 Å². The van der Waals surface area contributed by atoms with Gasteiger partial charge in [0.05, 0.1) is 9.90 Å². The average molecular weight is 326 g/mol. The van der Waals surface area contributed by atoms with Crippen LogP contribution in [0.25, 0.3) is 0 Å². The number of carboxylic acid groups (broad SMARTS) is 1. The molecule has 7 heteroatoms. The molecule has 0 unspecified atom stereocenters. The molecule has 2 rings (SSSR count). The second-order valence-electron chi connectivity index (χ2n) is 4.19. The summed E-state index contributed by atoms with van der Waals surface area (Å²) in [6.07, 6.45) is 0. The highest BCUT2D eigenvalue weighted by Crippen LogP contribution is 2.28. The molecule has 2 N–H and O–H groups in total.